The maximum atomic E-state index is 5.01. The van der Waals surface area contributed by atoms with E-state index in [0.29, 0.717) is 0 Å². The van der Waals surface area contributed by atoms with Gasteiger partial charge in [-0.15, -0.1) is 0 Å². The van der Waals surface area contributed by atoms with Gasteiger partial charge in [0.05, 0.1) is 13.1 Å². The predicted molar refractivity (Wildman–Crippen MR) is 163 cm³/mol. The lowest BCUT2D eigenvalue weighted by atomic mass is 9.81. The molecular weight excluding hydrogens is 478 g/mol. The van der Waals surface area contributed by atoms with E-state index in [1.165, 1.54) is 34.1 Å². The SMILES string of the molecule is CCCCN1C(=CC=Cc2n(CC)c3nc4ccccc4nc3[n+]2CC)C(C)(C)c2c1ccc1ccccc21. The van der Waals surface area contributed by atoms with Crippen LogP contribution < -0.4 is 9.47 Å². The molecule has 0 radical (unpaired) electrons. The van der Waals surface area contributed by atoms with Crippen molar-refractivity contribution in [2.45, 2.75) is 66.0 Å². The van der Waals surface area contributed by atoms with E-state index in [2.05, 4.69) is 103 Å². The normalized spacial score (nSPS) is 15.9. The first-order chi connectivity index (χ1) is 19.0. The monoisotopic (exact) mass is 516 g/mol. The van der Waals surface area contributed by atoms with Crippen LogP contribution in [0.1, 0.15) is 58.8 Å². The van der Waals surface area contributed by atoms with Crippen molar-refractivity contribution in [1.82, 2.24) is 14.5 Å². The van der Waals surface area contributed by atoms with E-state index in [-0.39, 0.29) is 5.41 Å². The summed E-state index contributed by atoms with van der Waals surface area (Å²) in [6, 6.07) is 21.5. The molecule has 5 nitrogen and oxygen atoms in total. The van der Waals surface area contributed by atoms with Crippen LogP contribution in [0.5, 0.6) is 0 Å². The Hall–Kier alpha value is -3.99. The van der Waals surface area contributed by atoms with Crippen LogP contribution >= 0.6 is 0 Å². The van der Waals surface area contributed by atoms with Gasteiger partial charge >= 0.3 is 5.65 Å². The largest absolute Gasteiger partial charge is 0.344 e. The molecule has 6 rings (SSSR count). The van der Waals surface area contributed by atoms with Gasteiger partial charge < -0.3 is 4.90 Å². The summed E-state index contributed by atoms with van der Waals surface area (Å²) < 4.78 is 4.56. The molecule has 198 valence electrons. The maximum Gasteiger partial charge on any atom is 0.323 e. The first-order valence-corrected chi connectivity index (χ1v) is 14.4. The number of imidazole rings is 1. The quantitative estimate of drug-likeness (QED) is 0.210. The molecule has 2 aromatic heterocycles. The van der Waals surface area contributed by atoms with E-state index >= 15 is 0 Å². The minimum absolute atomic E-state index is 0.104. The van der Waals surface area contributed by atoms with Crippen molar-refractivity contribution in [2.24, 2.45) is 0 Å². The fraction of sp³-hybridized carbons (Fsp3) is 0.324. The molecule has 0 fully saturated rings. The number of allylic oxidation sites excluding steroid dienone is 3. The highest BCUT2D eigenvalue weighted by atomic mass is 15.2. The highest BCUT2D eigenvalue weighted by molar-refractivity contribution is 5.95. The van der Waals surface area contributed by atoms with Crippen molar-refractivity contribution in [1.29, 1.82) is 0 Å². The smallest absolute Gasteiger partial charge is 0.323 e. The Bertz CT molecular complexity index is 1690. The lowest BCUT2D eigenvalue weighted by molar-refractivity contribution is -0.672. The summed E-state index contributed by atoms with van der Waals surface area (Å²) >= 11 is 0. The van der Waals surface area contributed by atoms with Crippen molar-refractivity contribution < 1.29 is 4.57 Å². The van der Waals surface area contributed by atoms with Gasteiger partial charge in [0.15, 0.2) is 5.52 Å². The Labute approximate surface area is 231 Å². The molecule has 0 saturated carbocycles. The molecular formula is C34H38N5+. The lowest BCUT2D eigenvalue weighted by Crippen LogP contribution is -2.35. The van der Waals surface area contributed by atoms with E-state index < -0.39 is 0 Å². The zero-order valence-electron chi connectivity index (χ0n) is 23.8. The molecule has 5 heteroatoms. The fourth-order valence-electron chi connectivity index (χ4n) is 6.33. The first kappa shape index (κ1) is 25.3. The number of aromatic nitrogens is 4. The van der Waals surface area contributed by atoms with Crippen LogP contribution in [0, 0.1) is 0 Å². The van der Waals surface area contributed by atoms with Crippen LogP contribution in [0.25, 0.3) is 39.2 Å². The average molecular weight is 517 g/mol. The number of anilines is 1. The maximum absolute atomic E-state index is 5.01. The molecule has 3 heterocycles. The third-order valence-corrected chi connectivity index (χ3v) is 8.22. The van der Waals surface area contributed by atoms with E-state index in [1.54, 1.807) is 0 Å². The van der Waals surface area contributed by atoms with Crippen LogP contribution in [-0.2, 0) is 18.5 Å². The number of nitrogens with zero attached hydrogens (tertiary/aromatic N) is 5. The van der Waals surface area contributed by atoms with Crippen LogP contribution in [0.2, 0.25) is 0 Å². The van der Waals surface area contributed by atoms with Crippen molar-refractivity contribution in [3.05, 3.63) is 89.9 Å². The Morgan fingerprint density at radius 1 is 0.897 bits per heavy atom. The molecule has 0 bridgehead atoms. The number of rotatable bonds is 7. The third-order valence-electron chi connectivity index (χ3n) is 8.22. The van der Waals surface area contributed by atoms with Crippen LogP contribution in [0.4, 0.5) is 5.69 Å². The Morgan fingerprint density at radius 3 is 2.38 bits per heavy atom. The number of hydrogen-bond donors (Lipinski definition) is 0. The van der Waals surface area contributed by atoms with E-state index in [0.717, 1.165) is 54.2 Å². The highest BCUT2D eigenvalue weighted by Gasteiger charge is 2.40. The number of para-hydroxylation sites is 2. The van der Waals surface area contributed by atoms with Gasteiger partial charge in [0.2, 0.25) is 5.82 Å². The summed E-state index contributed by atoms with van der Waals surface area (Å²) in [7, 11) is 0. The van der Waals surface area contributed by atoms with Gasteiger partial charge in [-0.1, -0.05) is 80.7 Å². The molecule has 0 saturated heterocycles. The number of fused-ring (bicyclic) bond motifs is 5. The second-order valence-corrected chi connectivity index (χ2v) is 10.9. The summed E-state index contributed by atoms with van der Waals surface area (Å²) in [5.74, 6) is 1.13. The highest BCUT2D eigenvalue weighted by Crippen LogP contribution is 2.50. The van der Waals surface area contributed by atoms with E-state index in [9.17, 15) is 0 Å². The zero-order valence-corrected chi connectivity index (χ0v) is 23.8. The van der Waals surface area contributed by atoms with Gasteiger partial charge in [0, 0.05) is 29.4 Å². The van der Waals surface area contributed by atoms with Crippen LogP contribution in [0.3, 0.4) is 0 Å². The second-order valence-electron chi connectivity index (χ2n) is 10.9. The van der Waals surface area contributed by atoms with E-state index in [4.69, 9.17) is 9.97 Å². The summed E-state index contributed by atoms with van der Waals surface area (Å²) in [6.07, 6.45) is 9.14. The van der Waals surface area contributed by atoms with Crippen LogP contribution in [-0.4, -0.2) is 21.1 Å². The van der Waals surface area contributed by atoms with Crippen molar-refractivity contribution in [3.63, 3.8) is 0 Å². The predicted octanol–water partition coefficient (Wildman–Crippen LogP) is 7.56. The fourth-order valence-corrected chi connectivity index (χ4v) is 6.33. The lowest BCUT2D eigenvalue weighted by Gasteiger charge is -2.27. The van der Waals surface area contributed by atoms with Crippen LogP contribution in [0.15, 0.2) is 78.5 Å². The van der Waals surface area contributed by atoms with Gasteiger partial charge in [-0.25, -0.2) is 14.1 Å². The molecule has 39 heavy (non-hydrogen) atoms. The number of hydrogen-bond acceptors (Lipinski definition) is 3. The van der Waals surface area contributed by atoms with E-state index in [1.807, 2.05) is 24.3 Å². The molecule has 0 aliphatic carbocycles. The third kappa shape index (κ3) is 4.03. The number of benzene rings is 3. The summed E-state index contributed by atoms with van der Waals surface area (Å²) in [5, 5.41) is 2.66. The molecule has 0 atom stereocenters. The minimum Gasteiger partial charge on any atom is -0.344 e. The topological polar surface area (TPSA) is 37.8 Å². The van der Waals surface area contributed by atoms with Gasteiger partial charge in [0.1, 0.15) is 5.52 Å². The van der Waals surface area contributed by atoms with Crippen molar-refractivity contribution in [2.75, 3.05) is 11.4 Å². The minimum atomic E-state index is -0.104. The Balaban J connectivity index is 1.48. The Kier molecular flexibility index (Phi) is 6.46. The molecule has 5 aromatic rings. The molecule has 3 aromatic carbocycles. The molecule has 0 amide bonds. The molecule has 0 spiro atoms. The van der Waals surface area contributed by atoms with Gasteiger partial charge in [0.25, 0.3) is 5.65 Å². The Morgan fingerprint density at radius 2 is 1.64 bits per heavy atom. The van der Waals surface area contributed by atoms with Gasteiger partial charge in [-0.05, 0) is 60.9 Å². The standard InChI is InChI=1S/C34H38N5/c1-6-9-23-39-28-22-21-24-15-10-11-16-25(24)31(28)34(4,5)29(39)19-14-20-30-37(7-2)32-33(38(30)8-3)36-27-18-13-12-17-26(27)35-32/h10-22H,6-9,23H2,1-5H3/q+1. The van der Waals surface area contributed by atoms with Crippen molar-refractivity contribution in [3.8, 4) is 0 Å². The zero-order chi connectivity index (χ0) is 27.1. The molecule has 0 unspecified atom stereocenters. The molecule has 0 N–H and O–H groups in total. The van der Waals surface area contributed by atoms with Gasteiger partial charge in [-0.2, -0.15) is 0 Å². The van der Waals surface area contributed by atoms with Gasteiger partial charge in [-0.3, -0.25) is 0 Å². The number of unbranched alkanes of at least 4 members (excludes halogenated alkanes) is 1. The second kappa shape index (κ2) is 9.96. The summed E-state index contributed by atoms with van der Waals surface area (Å²) in [4.78, 5) is 12.6. The number of aryl methyl sites for hydroxylation is 2. The summed E-state index contributed by atoms with van der Waals surface area (Å²) in [6.45, 7) is 14.1. The summed E-state index contributed by atoms with van der Waals surface area (Å²) in [5.41, 5.74) is 7.77. The molecule has 1 aliphatic heterocycles. The average Bonchev–Trinajstić information content (AvgIpc) is 3.37. The molecule has 1 aliphatic rings. The van der Waals surface area contributed by atoms with Crippen molar-refractivity contribution >= 4 is 44.9 Å². The first-order valence-electron chi connectivity index (χ1n) is 14.4.